The van der Waals surface area contributed by atoms with E-state index in [-0.39, 0.29) is 16.5 Å². The third-order valence-electron chi connectivity index (χ3n) is 3.96. The molecule has 0 fully saturated rings. The van der Waals surface area contributed by atoms with Gasteiger partial charge in [0.2, 0.25) is 0 Å². The van der Waals surface area contributed by atoms with Gasteiger partial charge in [-0.05, 0) is 30.2 Å². The molecule has 1 amide bonds. The first-order valence-corrected chi connectivity index (χ1v) is 9.52. The molecule has 134 valence electrons. The van der Waals surface area contributed by atoms with E-state index in [2.05, 4.69) is 4.72 Å². The number of rotatable bonds is 5. The molecule has 0 saturated carbocycles. The highest BCUT2D eigenvalue weighted by Gasteiger charge is 2.28. The van der Waals surface area contributed by atoms with Crippen molar-refractivity contribution < 1.29 is 17.6 Å². The van der Waals surface area contributed by atoms with E-state index in [0.717, 1.165) is 6.07 Å². The van der Waals surface area contributed by atoms with Crippen LogP contribution in [0.4, 0.5) is 10.1 Å². The Hall–Kier alpha value is -2.35. The van der Waals surface area contributed by atoms with Crippen molar-refractivity contribution in [1.82, 2.24) is 9.47 Å². The summed E-state index contributed by atoms with van der Waals surface area (Å²) in [7, 11) is -3.90. The molecule has 1 aromatic carbocycles. The Morgan fingerprint density at radius 1 is 1.24 bits per heavy atom. The van der Waals surface area contributed by atoms with Crippen molar-refractivity contribution in [3.05, 3.63) is 48.0 Å². The number of hydrogen-bond donors (Lipinski definition) is 1. The van der Waals surface area contributed by atoms with E-state index in [1.165, 1.54) is 30.5 Å². The minimum Gasteiger partial charge on any atom is -0.340 e. The molecular formula is C17H20FN3O3S. The summed E-state index contributed by atoms with van der Waals surface area (Å²) in [5, 5.41) is 0. The van der Waals surface area contributed by atoms with Crippen LogP contribution in [-0.4, -0.2) is 36.9 Å². The Labute approximate surface area is 146 Å². The van der Waals surface area contributed by atoms with Crippen molar-refractivity contribution in [2.24, 2.45) is 5.92 Å². The second-order valence-corrected chi connectivity index (χ2v) is 8.20. The van der Waals surface area contributed by atoms with E-state index in [0.29, 0.717) is 31.2 Å². The highest BCUT2D eigenvalue weighted by atomic mass is 32.2. The predicted molar refractivity (Wildman–Crippen MR) is 92.4 cm³/mol. The number of anilines is 1. The molecule has 0 spiro atoms. The average molecular weight is 365 g/mol. The minimum absolute atomic E-state index is 0.00786. The van der Waals surface area contributed by atoms with Gasteiger partial charge in [-0.15, -0.1) is 0 Å². The number of nitrogens with one attached hydrogen (secondary N) is 1. The maximum atomic E-state index is 13.2. The van der Waals surface area contributed by atoms with Gasteiger partial charge in [-0.25, -0.2) is 12.8 Å². The van der Waals surface area contributed by atoms with Crippen molar-refractivity contribution in [3.8, 4) is 0 Å². The monoisotopic (exact) mass is 365 g/mol. The smallest absolute Gasteiger partial charge is 0.270 e. The second kappa shape index (κ2) is 6.51. The third-order valence-corrected chi connectivity index (χ3v) is 5.31. The molecule has 2 aromatic rings. The van der Waals surface area contributed by atoms with Gasteiger partial charge < -0.3 is 9.47 Å². The second-order valence-electron chi connectivity index (χ2n) is 6.52. The van der Waals surface area contributed by atoms with E-state index in [4.69, 9.17) is 0 Å². The van der Waals surface area contributed by atoms with Crippen molar-refractivity contribution in [2.45, 2.75) is 25.3 Å². The zero-order valence-electron chi connectivity index (χ0n) is 14.1. The van der Waals surface area contributed by atoms with E-state index < -0.39 is 15.8 Å². The van der Waals surface area contributed by atoms with Crippen LogP contribution in [0.15, 0.2) is 41.4 Å². The van der Waals surface area contributed by atoms with Gasteiger partial charge in [-0.3, -0.25) is 9.52 Å². The number of halogens is 1. The SMILES string of the molecule is CC(C)CN1CCn2cc(S(=O)(=O)Nc3cccc(F)c3)cc2C1=O. The lowest BCUT2D eigenvalue weighted by Crippen LogP contribution is -2.41. The molecule has 0 bridgehead atoms. The first-order valence-electron chi connectivity index (χ1n) is 8.04. The van der Waals surface area contributed by atoms with Crippen molar-refractivity contribution >= 4 is 21.6 Å². The van der Waals surface area contributed by atoms with Crippen LogP contribution < -0.4 is 4.72 Å². The fraction of sp³-hybridized carbons (Fsp3) is 0.353. The number of nitrogens with zero attached hydrogens (tertiary/aromatic N) is 2. The lowest BCUT2D eigenvalue weighted by molar-refractivity contribution is 0.0683. The van der Waals surface area contributed by atoms with E-state index in [1.807, 2.05) is 13.8 Å². The lowest BCUT2D eigenvalue weighted by Gasteiger charge is -2.29. The Morgan fingerprint density at radius 2 is 2.00 bits per heavy atom. The Balaban J connectivity index is 1.86. The van der Waals surface area contributed by atoms with Crippen LogP contribution in [0.1, 0.15) is 24.3 Å². The standard InChI is InChI=1S/C17H20FN3O3S/c1-12(2)10-21-7-6-20-11-15(9-16(20)17(21)22)25(23,24)19-14-5-3-4-13(18)8-14/h3-5,8-9,11-12,19H,6-7,10H2,1-2H3. The van der Waals surface area contributed by atoms with Gasteiger partial charge in [-0.1, -0.05) is 19.9 Å². The number of aromatic nitrogens is 1. The topological polar surface area (TPSA) is 71.4 Å². The molecule has 0 atom stereocenters. The maximum Gasteiger partial charge on any atom is 0.270 e. The Kier molecular flexibility index (Phi) is 4.55. The largest absolute Gasteiger partial charge is 0.340 e. The fourth-order valence-corrected chi connectivity index (χ4v) is 3.96. The summed E-state index contributed by atoms with van der Waals surface area (Å²) >= 11 is 0. The van der Waals surface area contributed by atoms with Gasteiger partial charge in [0.25, 0.3) is 15.9 Å². The van der Waals surface area contributed by atoms with Crippen LogP contribution in [-0.2, 0) is 16.6 Å². The molecule has 6 nitrogen and oxygen atoms in total. The Bertz CT molecular complexity index is 906. The summed E-state index contributed by atoms with van der Waals surface area (Å²) in [6, 6.07) is 6.59. The maximum absolute atomic E-state index is 13.2. The molecule has 0 aliphatic carbocycles. The molecule has 0 saturated heterocycles. The van der Waals surface area contributed by atoms with Crippen LogP contribution in [0.25, 0.3) is 0 Å². The summed E-state index contributed by atoms with van der Waals surface area (Å²) < 4.78 is 42.3. The van der Waals surface area contributed by atoms with Crippen LogP contribution in [0, 0.1) is 11.7 Å². The Morgan fingerprint density at radius 3 is 2.68 bits per heavy atom. The third kappa shape index (κ3) is 3.68. The van der Waals surface area contributed by atoms with Crippen LogP contribution in [0.5, 0.6) is 0 Å². The van der Waals surface area contributed by atoms with Crippen LogP contribution in [0.3, 0.4) is 0 Å². The number of fused-ring (bicyclic) bond motifs is 1. The van der Waals surface area contributed by atoms with Gasteiger partial charge in [0, 0.05) is 25.8 Å². The molecule has 1 aliphatic heterocycles. The van der Waals surface area contributed by atoms with Crippen LogP contribution in [0.2, 0.25) is 0 Å². The minimum atomic E-state index is -3.90. The zero-order chi connectivity index (χ0) is 18.2. The number of amides is 1. The van der Waals surface area contributed by atoms with Crippen molar-refractivity contribution in [1.29, 1.82) is 0 Å². The highest BCUT2D eigenvalue weighted by Crippen LogP contribution is 2.23. The summed E-state index contributed by atoms with van der Waals surface area (Å²) in [5.74, 6) is -0.369. The van der Waals surface area contributed by atoms with Gasteiger partial charge >= 0.3 is 0 Å². The average Bonchev–Trinajstić information content (AvgIpc) is 2.95. The number of benzene rings is 1. The van der Waals surface area contributed by atoms with Gasteiger partial charge in [0.05, 0.1) is 5.69 Å². The fourth-order valence-electron chi connectivity index (χ4n) is 2.87. The normalized spacial score (nSPS) is 14.7. The lowest BCUT2D eigenvalue weighted by atomic mass is 10.2. The van der Waals surface area contributed by atoms with Crippen LogP contribution >= 0.6 is 0 Å². The molecule has 8 heteroatoms. The molecule has 1 N–H and O–H groups in total. The first kappa shape index (κ1) is 17.5. The number of carbonyl (C=O) groups is 1. The molecule has 25 heavy (non-hydrogen) atoms. The molecule has 1 aromatic heterocycles. The number of hydrogen-bond acceptors (Lipinski definition) is 3. The molecule has 2 heterocycles. The van der Waals surface area contributed by atoms with Crippen molar-refractivity contribution in [3.63, 3.8) is 0 Å². The van der Waals surface area contributed by atoms with E-state index in [1.54, 1.807) is 9.47 Å². The quantitative estimate of drug-likeness (QED) is 0.885. The molecule has 3 rings (SSSR count). The molecule has 1 aliphatic rings. The van der Waals surface area contributed by atoms with Gasteiger partial charge in [-0.2, -0.15) is 0 Å². The van der Waals surface area contributed by atoms with Crippen molar-refractivity contribution in [2.75, 3.05) is 17.8 Å². The number of sulfonamides is 1. The molecule has 0 radical (unpaired) electrons. The molecular weight excluding hydrogens is 345 g/mol. The summed E-state index contributed by atoms with van der Waals surface area (Å²) in [5.41, 5.74) is 0.489. The van der Waals surface area contributed by atoms with Gasteiger partial charge in [0.15, 0.2) is 0 Å². The van der Waals surface area contributed by atoms with E-state index >= 15 is 0 Å². The molecule has 0 unspecified atom stereocenters. The predicted octanol–water partition coefficient (Wildman–Crippen LogP) is 2.54. The summed E-state index contributed by atoms with van der Waals surface area (Å²) in [4.78, 5) is 14.3. The van der Waals surface area contributed by atoms with E-state index in [9.17, 15) is 17.6 Å². The van der Waals surface area contributed by atoms with Gasteiger partial charge in [0.1, 0.15) is 16.4 Å². The summed E-state index contributed by atoms with van der Waals surface area (Å²) in [6.07, 6.45) is 1.45. The zero-order valence-corrected chi connectivity index (χ0v) is 14.9. The number of carbonyl (C=O) groups excluding carboxylic acids is 1. The summed E-state index contributed by atoms with van der Waals surface area (Å²) in [6.45, 7) is 5.78. The highest BCUT2D eigenvalue weighted by molar-refractivity contribution is 7.92. The first-order chi connectivity index (χ1) is 11.8.